The molecule has 34 heavy (non-hydrogen) atoms. The Balaban J connectivity index is 1.44. The van der Waals surface area contributed by atoms with Gasteiger partial charge in [-0.2, -0.15) is 0 Å². The second kappa shape index (κ2) is 7.70. The minimum atomic E-state index is -0.812. The molecule has 0 radical (unpaired) electrons. The topological polar surface area (TPSA) is 69.7 Å². The van der Waals surface area contributed by atoms with E-state index in [0.717, 1.165) is 16.8 Å². The predicted octanol–water partition coefficient (Wildman–Crippen LogP) is 4.02. The number of carbonyl (C=O) groups excluding carboxylic acids is 3. The Kier molecular flexibility index (Phi) is 4.62. The normalized spacial score (nSPS) is 24.6. The summed E-state index contributed by atoms with van der Waals surface area (Å²) < 4.78 is 0. The van der Waals surface area contributed by atoms with Crippen LogP contribution >= 0.6 is 0 Å². The lowest BCUT2D eigenvalue weighted by molar-refractivity contribution is -0.126. The molecule has 0 unspecified atom stereocenters. The number of fused-ring (bicyclic) bond motifs is 5. The molecule has 6 rings (SSSR count). The minimum Gasteiger partial charge on any atom is -0.351 e. The fourth-order valence-electron chi connectivity index (χ4n) is 5.50. The Morgan fingerprint density at radius 1 is 0.824 bits per heavy atom. The highest BCUT2D eigenvalue weighted by Gasteiger charge is 2.64. The summed E-state index contributed by atoms with van der Waals surface area (Å²) in [5, 5.41) is 2.97. The highest BCUT2D eigenvalue weighted by molar-refractivity contribution is 6.25. The lowest BCUT2D eigenvalue weighted by atomic mass is 9.88. The number of anilines is 3. The Labute approximate surface area is 197 Å². The number of hydrogen-bond acceptors (Lipinski definition) is 4. The van der Waals surface area contributed by atoms with Gasteiger partial charge >= 0.3 is 0 Å². The quantitative estimate of drug-likeness (QED) is 0.613. The number of aryl methyl sites for hydroxylation is 1. The minimum absolute atomic E-state index is 0.257. The van der Waals surface area contributed by atoms with Crippen molar-refractivity contribution in [2.75, 3.05) is 15.1 Å². The first-order chi connectivity index (χ1) is 16.5. The van der Waals surface area contributed by atoms with Gasteiger partial charge in [-0.05, 0) is 42.8 Å². The third-order valence-corrected chi connectivity index (χ3v) is 7.02. The maximum atomic E-state index is 13.8. The van der Waals surface area contributed by atoms with Crippen LogP contribution in [0.3, 0.4) is 0 Å². The lowest BCUT2D eigenvalue weighted by Crippen LogP contribution is -2.50. The molecule has 0 aliphatic carbocycles. The number of benzene rings is 3. The Bertz CT molecular complexity index is 1330. The molecule has 1 N–H and O–H groups in total. The first kappa shape index (κ1) is 20.4. The SMILES string of the molecule is Cc1ccc(N2C(=O)[C@@H]3[C@@H](C2=O)[C@@H](C(=O)Nc2ccccc2)N2c4ccccc4C=C[C@H]32)cc1. The van der Waals surface area contributed by atoms with Gasteiger partial charge in [0.1, 0.15) is 6.04 Å². The van der Waals surface area contributed by atoms with Crippen LogP contribution in [-0.2, 0) is 14.4 Å². The van der Waals surface area contributed by atoms with Gasteiger partial charge in [0.15, 0.2) is 0 Å². The zero-order valence-corrected chi connectivity index (χ0v) is 18.6. The van der Waals surface area contributed by atoms with Gasteiger partial charge in [0, 0.05) is 11.4 Å². The summed E-state index contributed by atoms with van der Waals surface area (Å²) in [6.07, 6.45) is 3.94. The van der Waals surface area contributed by atoms with Gasteiger partial charge in [-0.3, -0.25) is 14.4 Å². The van der Waals surface area contributed by atoms with Gasteiger partial charge in [0.2, 0.25) is 17.7 Å². The molecule has 6 nitrogen and oxygen atoms in total. The van der Waals surface area contributed by atoms with E-state index < -0.39 is 17.9 Å². The number of hydrogen-bond donors (Lipinski definition) is 1. The molecule has 2 saturated heterocycles. The van der Waals surface area contributed by atoms with Crippen LogP contribution < -0.4 is 15.1 Å². The molecule has 0 spiro atoms. The van der Waals surface area contributed by atoms with Crippen LogP contribution in [-0.4, -0.2) is 29.8 Å². The second-order valence-corrected chi connectivity index (χ2v) is 9.01. The number of nitrogens with zero attached hydrogens (tertiary/aromatic N) is 2. The summed E-state index contributed by atoms with van der Waals surface area (Å²) in [6.45, 7) is 1.96. The third kappa shape index (κ3) is 2.99. The molecule has 3 aliphatic heterocycles. The number of carbonyl (C=O) groups is 3. The summed E-state index contributed by atoms with van der Waals surface area (Å²) in [5.41, 5.74) is 4.07. The molecule has 0 aromatic heterocycles. The Morgan fingerprint density at radius 3 is 2.26 bits per heavy atom. The molecule has 168 valence electrons. The molecule has 4 atom stereocenters. The van der Waals surface area contributed by atoms with Crippen molar-refractivity contribution < 1.29 is 14.4 Å². The smallest absolute Gasteiger partial charge is 0.247 e. The van der Waals surface area contributed by atoms with E-state index >= 15 is 0 Å². The van der Waals surface area contributed by atoms with Gasteiger partial charge in [0.05, 0.1) is 23.6 Å². The Hall–Kier alpha value is -4.19. The average Bonchev–Trinajstić information content (AvgIpc) is 3.33. The molecule has 3 amide bonds. The summed E-state index contributed by atoms with van der Waals surface area (Å²) in [4.78, 5) is 44.4. The van der Waals surface area contributed by atoms with Gasteiger partial charge in [-0.1, -0.05) is 66.2 Å². The molecular formula is C28H23N3O3. The first-order valence-electron chi connectivity index (χ1n) is 11.4. The van der Waals surface area contributed by atoms with E-state index in [1.54, 1.807) is 12.1 Å². The highest BCUT2D eigenvalue weighted by Crippen LogP contribution is 2.49. The van der Waals surface area contributed by atoms with Crippen molar-refractivity contribution in [3.8, 4) is 0 Å². The summed E-state index contributed by atoms with van der Waals surface area (Å²) >= 11 is 0. The summed E-state index contributed by atoms with van der Waals surface area (Å²) in [5.74, 6) is -2.29. The van der Waals surface area contributed by atoms with E-state index in [1.165, 1.54) is 4.90 Å². The van der Waals surface area contributed by atoms with Crippen LogP contribution in [0.15, 0.2) is 84.9 Å². The van der Waals surface area contributed by atoms with Crippen LogP contribution in [0.1, 0.15) is 11.1 Å². The molecule has 0 saturated carbocycles. The zero-order chi connectivity index (χ0) is 23.4. The van der Waals surface area contributed by atoms with Crippen molar-refractivity contribution in [1.82, 2.24) is 0 Å². The van der Waals surface area contributed by atoms with E-state index in [2.05, 4.69) is 5.32 Å². The summed E-state index contributed by atoms with van der Waals surface area (Å²) in [7, 11) is 0. The molecule has 3 aromatic carbocycles. The van der Waals surface area contributed by atoms with Gasteiger partial charge in [-0.25, -0.2) is 4.90 Å². The largest absolute Gasteiger partial charge is 0.351 e. The average molecular weight is 450 g/mol. The van der Waals surface area contributed by atoms with Crippen LogP contribution in [0.4, 0.5) is 17.1 Å². The van der Waals surface area contributed by atoms with Crippen molar-refractivity contribution in [3.63, 3.8) is 0 Å². The maximum Gasteiger partial charge on any atom is 0.247 e. The van der Waals surface area contributed by atoms with Crippen molar-refractivity contribution >= 4 is 40.9 Å². The molecule has 3 heterocycles. The monoisotopic (exact) mass is 449 g/mol. The van der Waals surface area contributed by atoms with Crippen molar-refractivity contribution in [2.24, 2.45) is 11.8 Å². The summed E-state index contributed by atoms with van der Waals surface area (Å²) in [6, 6.07) is 23.1. The molecule has 3 aromatic rings. The van der Waals surface area contributed by atoms with Crippen LogP contribution in [0.5, 0.6) is 0 Å². The molecule has 0 bridgehead atoms. The number of imide groups is 1. The van der Waals surface area contributed by atoms with E-state index in [-0.39, 0.29) is 23.8 Å². The third-order valence-electron chi connectivity index (χ3n) is 7.02. The molecule has 2 fully saturated rings. The van der Waals surface area contributed by atoms with Gasteiger partial charge < -0.3 is 10.2 Å². The second-order valence-electron chi connectivity index (χ2n) is 9.01. The lowest BCUT2D eigenvalue weighted by Gasteiger charge is -2.36. The van der Waals surface area contributed by atoms with E-state index in [4.69, 9.17) is 0 Å². The number of rotatable bonds is 3. The number of amides is 3. The fraction of sp³-hybridized carbons (Fsp3) is 0.179. The molecule has 6 heteroatoms. The van der Waals surface area contributed by atoms with Crippen molar-refractivity contribution in [3.05, 3.63) is 96.1 Å². The maximum absolute atomic E-state index is 13.8. The fourth-order valence-corrected chi connectivity index (χ4v) is 5.50. The standard InChI is InChI=1S/C28H23N3O3/c1-17-11-14-20(15-12-17)30-27(33)23-22-16-13-18-7-5-6-10-21(18)31(22)25(24(23)28(30)34)26(32)29-19-8-3-2-4-9-19/h2-16,22-25H,1H3,(H,29,32)/t22-,23+,24-,25+/m1/s1. The van der Waals surface area contributed by atoms with Crippen LogP contribution in [0.2, 0.25) is 0 Å². The van der Waals surface area contributed by atoms with E-state index in [9.17, 15) is 14.4 Å². The van der Waals surface area contributed by atoms with E-state index in [0.29, 0.717) is 11.4 Å². The zero-order valence-electron chi connectivity index (χ0n) is 18.6. The molecule has 3 aliphatic rings. The first-order valence-corrected chi connectivity index (χ1v) is 11.4. The predicted molar refractivity (Wildman–Crippen MR) is 131 cm³/mol. The number of nitrogens with one attached hydrogen (secondary N) is 1. The van der Waals surface area contributed by atoms with Crippen molar-refractivity contribution in [2.45, 2.75) is 19.0 Å². The van der Waals surface area contributed by atoms with E-state index in [1.807, 2.05) is 90.7 Å². The van der Waals surface area contributed by atoms with Gasteiger partial charge in [-0.15, -0.1) is 0 Å². The highest BCUT2D eigenvalue weighted by atomic mass is 16.2. The Morgan fingerprint density at radius 2 is 1.50 bits per heavy atom. The van der Waals surface area contributed by atoms with Crippen molar-refractivity contribution in [1.29, 1.82) is 0 Å². The van der Waals surface area contributed by atoms with Gasteiger partial charge in [0.25, 0.3) is 0 Å². The van der Waals surface area contributed by atoms with Crippen LogP contribution in [0, 0.1) is 18.8 Å². The number of para-hydroxylation sites is 2. The van der Waals surface area contributed by atoms with Crippen LogP contribution in [0.25, 0.3) is 6.08 Å². The molecular weight excluding hydrogens is 426 g/mol.